The first-order valence-electron chi connectivity index (χ1n) is 9.23. The number of esters is 1. The van der Waals surface area contributed by atoms with Crippen LogP contribution in [0.5, 0.6) is 5.75 Å². The van der Waals surface area contributed by atoms with Crippen molar-refractivity contribution in [3.05, 3.63) is 52.1 Å². The van der Waals surface area contributed by atoms with Crippen molar-refractivity contribution < 1.29 is 29.0 Å². The van der Waals surface area contributed by atoms with Gasteiger partial charge in [-0.25, -0.2) is 4.79 Å². The van der Waals surface area contributed by atoms with Gasteiger partial charge in [0.05, 0.1) is 0 Å². The number of hydrogen-bond acceptors (Lipinski definition) is 5. The number of ether oxygens (including phenoxy) is 1. The molecule has 6 heteroatoms. The quantitative estimate of drug-likeness (QED) is 0.314. The Labute approximate surface area is 163 Å². The Morgan fingerprint density at radius 1 is 0.893 bits per heavy atom. The van der Waals surface area contributed by atoms with Crippen LogP contribution in [0, 0.1) is 0 Å². The number of para-hydroxylation sites is 1. The predicted octanol–water partition coefficient (Wildman–Crippen LogP) is 4.05. The predicted molar refractivity (Wildman–Crippen MR) is 103 cm³/mol. The molecule has 0 aliphatic heterocycles. The van der Waals surface area contributed by atoms with E-state index in [0.717, 1.165) is 0 Å². The van der Waals surface area contributed by atoms with E-state index in [4.69, 9.17) is 9.84 Å². The van der Waals surface area contributed by atoms with Crippen LogP contribution in [0.15, 0.2) is 46.6 Å². The minimum absolute atomic E-state index is 0.0322. The third-order valence-electron chi connectivity index (χ3n) is 4.96. The molecule has 0 fully saturated rings. The fourth-order valence-corrected chi connectivity index (χ4v) is 3.11. The van der Waals surface area contributed by atoms with Gasteiger partial charge >= 0.3 is 11.9 Å². The molecule has 0 aromatic heterocycles. The molecule has 0 radical (unpaired) electrons. The van der Waals surface area contributed by atoms with E-state index in [1.54, 1.807) is 32.9 Å². The molecule has 0 saturated carbocycles. The van der Waals surface area contributed by atoms with Crippen molar-refractivity contribution in [1.82, 2.24) is 0 Å². The van der Waals surface area contributed by atoms with Gasteiger partial charge < -0.3 is 9.84 Å². The van der Waals surface area contributed by atoms with Gasteiger partial charge in [-0.3, -0.25) is 14.4 Å². The highest BCUT2D eigenvalue weighted by Gasteiger charge is 2.27. The van der Waals surface area contributed by atoms with Crippen LogP contribution in [0.4, 0.5) is 0 Å². The summed E-state index contributed by atoms with van der Waals surface area (Å²) in [4.78, 5) is 47.6. The van der Waals surface area contributed by atoms with Gasteiger partial charge in [0.25, 0.3) is 0 Å². The van der Waals surface area contributed by atoms with E-state index < -0.39 is 11.9 Å². The molecule has 1 aliphatic rings. The van der Waals surface area contributed by atoms with Gasteiger partial charge in [-0.2, -0.15) is 0 Å². The Kier molecular flexibility index (Phi) is 7.04. The fraction of sp³-hybridized carbons (Fsp3) is 0.364. The SMILES string of the molecule is CC1=C(C)C(=O)C(CCCCCC(=O)Oc2ccccc2C(=O)O)=C(C)C1=O. The molecule has 1 aromatic carbocycles. The first-order valence-corrected chi connectivity index (χ1v) is 9.23. The Balaban J connectivity index is 1.81. The highest BCUT2D eigenvalue weighted by molar-refractivity contribution is 6.24. The number of carbonyl (C=O) groups excluding carboxylic acids is 3. The average Bonchev–Trinajstić information content (AvgIpc) is 2.67. The zero-order valence-electron chi connectivity index (χ0n) is 16.3. The van der Waals surface area contributed by atoms with E-state index in [-0.39, 0.29) is 29.3 Å². The lowest BCUT2D eigenvalue weighted by atomic mass is 9.84. The van der Waals surface area contributed by atoms with Crippen molar-refractivity contribution in [2.45, 2.75) is 52.9 Å². The zero-order valence-corrected chi connectivity index (χ0v) is 16.3. The number of carbonyl (C=O) groups is 4. The molecule has 1 aliphatic carbocycles. The van der Waals surface area contributed by atoms with Gasteiger partial charge in [0.15, 0.2) is 11.6 Å². The molecule has 6 nitrogen and oxygen atoms in total. The molecule has 0 amide bonds. The average molecular weight is 384 g/mol. The van der Waals surface area contributed by atoms with Gasteiger partial charge in [-0.1, -0.05) is 18.6 Å². The Morgan fingerprint density at radius 3 is 2.21 bits per heavy atom. The summed E-state index contributed by atoms with van der Waals surface area (Å²) in [5.41, 5.74) is 2.03. The van der Waals surface area contributed by atoms with E-state index in [9.17, 15) is 19.2 Å². The van der Waals surface area contributed by atoms with Crippen LogP contribution >= 0.6 is 0 Å². The number of unbranched alkanes of at least 4 members (excludes halogenated alkanes) is 2. The van der Waals surface area contributed by atoms with Crippen LogP contribution in [0.25, 0.3) is 0 Å². The molecular weight excluding hydrogens is 360 g/mol. The standard InChI is InChI=1S/C22H24O6/c1-13-14(2)21(25)16(15(3)20(13)24)9-5-4-6-12-19(23)28-18-11-8-7-10-17(18)22(26)27/h7-8,10-11H,4-6,9,12H2,1-3H3,(H,26,27). The fourth-order valence-electron chi connectivity index (χ4n) is 3.11. The maximum Gasteiger partial charge on any atom is 0.339 e. The summed E-state index contributed by atoms with van der Waals surface area (Å²) >= 11 is 0. The summed E-state index contributed by atoms with van der Waals surface area (Å²) in [5, 5.41) is 9.09. The van der Waals surface area contributed by atoms with Crippen molar-refractivity contribution in [2.75, 3.05) is 0 Å². The van der Waals surface area contributed by atoms with Gasteiger partial charge in [-0.05, 0) is 52.2 Å². The molecule has 1 N–H and O–H groups in total. The summed E-state index contributed by atoms with van der Waals surface area (Å²) < 4.78 is 5.14. The van der Waals surface area contributed by atoms with Gasteiger partial charge in [0, 0.05) is 28.7 Å². The van der Waals surface area contributed by atoms with Crippen LogP contribution in [0.2, 0.25) is 0 Å². The number of benzene rings is 1. The van der Waals surface area contributed by atoms with E-state index >= 15 is 0 Å². The number of carboxylic acid groups (broad SMARTS) is 1. The van der Waals surface area contributed by atoms with Crippen molar-refractivity contribution in [1.29, 1.82) is 0 Å². The molecule has 0 heterocycles. The molecule has 0 saturated heterocycles. The largest absolute Gasteiger partial charge is 0.478 e. The second kappa shape index (κ2) is 9.26. The third kappa shape index (κ3) is 4.82. The van der Waals surface area contributed by atoms with Crippen molar-refractivity contribution in [3.63, 3.8) is 0 Å². The maximum absolute atomic E-state index is 12.4. The Morgan fingerprint density at radius 2 is 1.54 bits per heavy atom. The Hall–Kier alpha value is -3.02. The van der Waals surface area contributed by atoms with Crippen LogP contribution in [-0.2, 0) is 14.4 Å². The number of aromatic carboxylic acids is 1. The monoisotopic (exact) mass is 384 g/mol. The van der Waals surface area contributed by atoms with Gasteiger partial charge in [0.1, 0.15) is 11.3 Å². The number of Topliss-reactive ketones (excluding diaryl/α,β-unsaturated/α-hetero) is 2. The minimum atomic E-state index is -1.15. The number of carboxylic acids is 1. The second-order valence-corrected chi connectivity index (χ2v) is 6.85. The highest BCUT2D eigenvalue weighted by atomic mass is 16.5. The number of hydrogen-bond donors (Lipinski definition) is 1. The molecule has 148 valence electrons. The van der Waals surface area contributed by atoms with Crippen LogP contribution in [0.3, 0.4) is 0 Å². The van der Waals surface area contributed by atoms with Crippen LogP contribution in [0.1, 0.15) is 63.2 Å². The molecule has 0 spiro atoms. The topological polar surface area (TPSA) is 97.7 Å². The van der Waals surface area contributed by atoms with Crippen molar-refractivity contribution in [3.8, 4) is 5.75 Å². The number of ketones is 2. The number of allylic oxidation sites excluding steroid dienone is 4. The first kappa shape index (κ1) is 21.3. The number of rotatable bonds is 8. The summed E-state index contributed by atoms with van der Waals surface area (Å²) in [7, 11) is 0. The second-order valence-electron chi connectivity index (χ2n) is 6.85. The van der Waals surface area contributed by atoms with Crippen LogP contribution < -0.4 is 4.74 Å². The molecule has 28 heavy (non-hydrogen) atoms. The third-order valence-corrected chi connectivity index (χ3v) is 4.96. The smallest absolute Gasteiger partial charge is 0.339 e. The molecule has 0 unspecified atom stereocenters. The van der Waals surface area contributed by atoms with E-state index in [1.807, 2.05) is 0 Å². The lowest BCUT2D eigenvalue weighted by Crippen LogP contribution is -2.20. The maximum atomic E-state index is 12.4. The van der Waals surface area contributed by atoms with E-state index in [0.29, 0.717) is 48.0 Å². The zero-order chi connectivity index (χ0) is 20.8. The van der Waals surface area contributed by atoms with Crippen LogP contribution in [-0.4, -0.2) is 28.6 Å². The lowest BCUT2D eigenvalue weighted by Gasteiger charge is -2.18. The molecule has 2 rings (SSSR count). The van der Waals surface area contributed by atoms with Crippen molar-refractivity contribution >= 4 is 23.5 Å². The van der Waals surface area contributed by atoms with E-state index in [2.05, 4.69) is 0 Å². The minimum Gasteiger partial charge on any atom is -0.478 e. The summed E-state index contributed by atoms with van der Waals surface area (Å²) in [5.74, 6) is -1.77. The molecule has 1 aromatic rings. The molecule has 0 atom stereocenters. The van der Waals surface area contributed by atoms with Gasteiger partial charge in [-0.15, -0.1) is 0 Å². The summed E-state index contributed by atoms with van der Waals surface area (Å²) in [6.45, 7) is 5.03. The highest BCUT2D eigenvalue weighted by Crippen LogP contribution is 2.27. The van der Waals surface area contributed by atoms with Gasteiger partial charge in [0.2, 0.25) is 0 Å². The van der Waals surface area contributed by atoms with Crippen molar-refractivity contribution in [2.24, 2.45) is 0 Å². The van der Waals surface area contributed by atoms with E-state index in [1.165, 1.54) is 12.1 Å². The summed E-state index contributed by atoms with van der Waals surface area (Å²) in [6, 6.07) is 5.99. The Bertz CT molecular complexity index is 888. The summed E-state index contributed by atoms with van der Waals surface area (Å²) in [6.07, 6.45) is 2.57. The lowest BCUT2D eigenvalue weighted by molar-refractivity contribution is -0.134. The normalized spacial score (nSPS) is 14.5. The molecule has 0 bridgehead atoms. The molecular formula is C22H24O6. The first-order chi connectivity index (χ1) is 13.2.